The van der Waals surface area contributed by atoms with Gasteiger partial charge in [-0.05, 0) is 45.2 Å². The smallest absolute Gasteiger partial charge is 0.0593 e. The van der Waals surface area contributed by atoms with E-state index in [-0.39, 0.29) is 0 Å². The fraction of sp³-hybridized carbons (Fsp3) is 1.00. The van der Waals surface area contributed by atoms with Crippen LogP contribution < -0.4 is 5.73 Å². The van der Waals surface area contributed by atoms with Gasteiger partial charge < -0.3 is 15.4 Å². The maximum atomic E-state index is 5.66. The van der Waals surface area contributed by atoms with Gasteiger partial charge in [-0.3, -0.25) is 0 Å². The lowest BCUT2D eigenvalue weighted by molar-refractivity contribution is 0.0855. The Hall–Kier alpha value is -0.120. The fourth-order valence-electron chi connectivity index (χ4n) is 1.58. The predicted octanol–water partition coefficient (Wildman–Crippen LogP) is 1.33. The first-order chi connectivity index (χ1) is 7.15. The molecule has 0 aromatic carbocycles. The molecule has 90 valence electrons. The lowest BCUT2D eigenvalue weighted by Gasteiger charge is -2.28. The highest BCUT2D eigenvalue weighted by Crippen LogP contribution is 2.28. The average molecular weight is 214 g/mol. The molecule has 15 heavy (non-hydrogen) atoms. The average Bonchev–Trinajstić information content (AvgIpc) is 3.05. The summed E-state index contributed by atoms with van der Waals surface area (Å²) in [7, 11) is 2.15. The van der Waals surface area contributed by atoms with Crippen molar-refractivity contribution in [3.8, 4) is 0 Å². The van der Waals surface area contributed by atoms with Crippen LogP contribution in [-0.4, -0.2) is 44.3 Å². The summed E-state index contributed by atoms with van der Waals surface area (Å²) in [5.74, 6) is 1.43. The summed E-state index contributed by atoms with van der Waals surface area (Å²) in [4.78, 5) is 2.34. The van der Waals surface area contributed by atoms with Gasteiger partial charge in [-0.15, -0.1) is 0 Å². The zero-order valence-corrected chi connectivity index (χ0v) is 10.4. The van der Waals surface area contributed by atoms with Crippen LogP contribution >= 0.6 is 0 Å². The molecule has 0 aromatic heterocycles. The molecule has 1 fully saturated rings. The summed E-state index contributed by atoms with van der Waals surface area (Å²) < 4.78 is 5.62. The van der Waals surface area contributed by atoms with Gasteiger partial charge in [0.2, 0.25) is 0 Å². The Morgan fingerprint density at radius 1 is 1.40 bits per heavy atom. The van der Waals surface area contributed by atoms with Crippen molar-refractivity contribution in [2.24, 2.45) is 17.6 Å². The topological polar surface area (TPSA) is 38.5 Å². The molecule has 0 amide bonds. The van der Waals surface area contributed by atoms with Crippen LogP contribution in [0.5, 0.6) is 0 Å². The molecule has 0 aliphatic heterocycles. The molecular weight excluding hydrogens is 188 g/mol. The minimum Gasteiger partial charge on any atom is -0.380 e. The summed E-state index contributed by atoms with van der Waals surface area (Å²) >= 11 is 0. The maximum absolute atomic E-state index is 5.66. The van der Waals surface area contributed by atoms with Crippen LogP contribution in [0.15, 0.2) is 0 Å². The normalized spacial score (nSPS) is 20.6. The van der Waals surface area contributed by atoms with E-state index in [0.29, 0.717) is 12.0 Å². The van der Waals surface area contributed by atoms with Gasteiger partial charge in [0, 0.05) is 19.2 Å². The molecule has 1 aliphatic carbocycles. The van der Waals surface area contributed by atoms with E-state index in [0.717, 1.165) is 32.2 Å². The van der Waals surface area contributed by atoms with Gasteiger partial charge in [-0.1, -0.05) is 6.92 Å². The van der Waals surface area contributed by atoms with Crippen molar-refractivity contribution in [3.05, 3.63) is 0 Å². The van der Waals surface area contributed by atoms with Crippen molar-refractivity contribution in [3.63, 3.8) is 0 Å². The minimum atomic E-state index is 0.541. The van der Waals surface area contributed by atoms with E-state index in [2.05, 4.69) is 25.8 Å². The third-order valence-electron chi connectivity index (χ3n) is 3.53. The van der Waals surface area contributed by atoms with Crippen LogP contribution in [0, 0.1) is 11.8 Å². The molecule has 2 unspecified atom stereocenters. The van der Waals surface area contributed by atoms with E-state index >= 15 is 0 Å². The lowest BCUT2D eigenvalue weighted by atomic mass is 10.0. The van der Waals surface area contributed by atoms with Crippen LogP contribution in [0.25, 0.3) is 0 Å². The van der Waals surface area contributed by atoms with E-state index in [1.165, 1.54) is 12.8 Å². The van der Waals surface area contributed by atoms with Crippen molar-refractivity contribution < 1.29 is 4.74 Å². The van der Waals surface area contributed by atoms with E-state index in [1.54, 1.807) is 0 Å². The molecule has 3 nitrogen and oxygen atoms in total. The van der Waals surface area contributed by atoms with Crippen molar-refractivity contribution in [1.29, 1.82) is 0 Å². The molecular formula is C12H26N2O. The van der Waals surface area contributed by atoms with E-state index < -0.39 is 0 Å². The summed E-state index contributed by atoms with van der Waals surface area (Å²) in [5, 5.41) is 0. The predicted molar refractivity (Wildman–Crippen MR) is 63.9 cm³/mol. The van der Waals surface area contributed by atoms with Gasteiger partial charge in [0.25, 0.3) is 0 Å². The lowest BCUT2D eigenvalue weighted by Crippen LogP contribution is -2.39. The Morgan fingerprint density at radius 2 is 2.07 bits per heavy atom. The van der Waals surface area contributed by atoms with Crippen LogP contribution in [0.4, 0.5) is 0 Å². The first-order valence-corrected chi connectivity index (χ1v) is 6.13. The van der Waals surface area contributed by atoms with Crippen LogP contribution in [0.2, 0.25) is 0 Å². The SMILES string of the molecule is CC(CN)C(C)N(C)CCOCC1CC1. The fourth-order valence-corrected chi connectivity index (χ4v) is 1.58. The number of likely N-dealkylation sites (N-methyl/N-ethyl adjacent to an activating group) is 1. The quantitative estimate of drug-likeness (QED) is 0.620. The number of rotatable bonds is 8. The van der Waals surface area contributed by atoms with E-state index in [9.17, 15) is 0 Å². The first kappa shape index (κ1) is 12.9. The summed E-state index contributed by atoms with van der Waals surface area (Å²) in [6.07, 6.45) is 2.74. The number of nitrogens with two attached hydrogens (primary N) is 1. The van der Waals surface area contributed by atoms with Crippen LogP contribution in [-0.2, 0) is 4.74 Å². The number of ether oxygens (including phenoxy) is 1. The minimum absolute atomic E-state index is 0.541. The molecule has 0 spiro atoms. The van der Waals surface area contributed by atoms with Crippen molar-refractivity contribution >= 4 is 0 Å². The molecule has 1 rings (SSSR count). The second kappa shape index (κ2) is 6.46. The van der Waals surface area contributed by atoms with E-state index in [1.807, 2.05) is 0 Å². The van der Waals surface area contributed by atoms with Gasteiger partial charge in [0.15, 0.2) is 0 Å². The zero-order valence-electron chi connectivity index (χ0n) is 10.4. The molecule has 2 atom stereocenters. The number of nitrogens with zero attached hydrogens (tertiary/aromatic N) is 1. The van der Waals surface area contributed by atoms with Gasteiger partial charge >= 0.3 is 0 Å². The van der Waals surface area contributed by atoms with Gasteiger partial charge in [-0.25, -0.2) is 0 Å². The second-order valence-electron chi connectivity index (χ2n) is 4.95. The third kappa shape index (κ3) is 4.96. The largest absolute Gasteiger partial charge is 0.380 e. The molecule has 0 radical (unpaired) electrons. The summed E-state index contributed by atoms with van der Waals surface area (Å²) in [6.45, 7) is 8.03. The number of hydrogen-bond donors (Lipinski definition) is 1. The molecule has 2 N–H and O–H groups in total. The first-order valence-electron chi connectivity index (χ1n) is 6.13. The monoisotopic (exact) mass is 214 g/mol. The molecule has 3 heteroatoms. The van der Waals surface area contributed by atoms with E-state index in [4.69, 9.17) is 10.5 Å². The standard InChI is InChI=1S/C12H26N2O/c1-10(8-13)11(2)14(3)6-7-15-9-12-4-5-12/h10-12H,4-9,13H2,1-3H3. The Labute approximate surface area is 94.0 Å². The van der Waals surface area contributed by atoms with Crippen LogP contribution in [0.3, 0.4) is 0 Å². The molecule has 1 saturated carbocycles. The van der Waals surface area contributed by atoms with Crippen molar-refractivity contribution in [1.82, 2.24) is 4.90 Å². The van der Waals surface area contributed by atoms with Crippen molar-refractivity contribution in [2.45, 2.75) is 32.7 Å². The van der Waals surface area contributed by atoms with Crippen molar-refractivity contribution in [2.75, 3.05) is 33.4 Å². The molecule has 0 heterocycles. The molecule has 1 aliphatic rings. The highest BCUT2D eigenvalue weighted by atomic mass is 16.5. The molecule has 0 saturated heterocycles. The molecule has 0 bridgehead atoms. The van der Waals surface area contributed by atoms with Crippen LogP contribution in [0.1, 0.15) is 26.7 Å². The molecule has 0 aromatic rings. The third-order valence-corrected chi connectivity index (χ3v) is 3.53. The van der Waals surface area contributed by atoms with Gasteiger partial charge in [0.1, 0.15) is 0 Å². The van der Waals surface area contributed by atoms with Gasteiger partial charge in [0.05, 0.1) is 6.61 Å². The number of hydrogen-bond acceptors (Lipinski definition) is 3. The van der Waals surface area contributed by atoms with Gasteiger partial charge in [-0.2, -0.15) is 0 Å². The summed E-state index contributed by atoms with van der Waals surface area (Å²) in [5.41, 5.74) is 5.66. The maximum Gasteiger partial charge on any atom is 0.0593 e. The Morgan fingerprint density at radius 3 is 2.60 bits per heavy atom. The second-order valence-corrected chi connectivity index (χ2v) is 4.95. The highest BCUT2D eigenvalue weighted by Gasteiger charge is 2.21. The Kier molecular flexibility index (Phi) is 5.58. The summed E-state index contributed by atoms with van der Waals surface area (Å²) in [6, 6.07) is 0.541. The Balaban J connectivity index is 2.02. The highest BCUT2D eigenvalue weighted by molar-refractivity contribution is 4.73. The Bertz CT molecular complexity index is 171. The zero-order chi connectivity index (χ0) is 11.3.